The van der Waals surface area contributed by atoms with E-state index >= 15 is 0 Å². The second kappa shape index (κ2) is 8.07. The number of ether oxygens (including phenoxy) is 2. The Bertz CT molecular complexity index is 184. The normalized spacial score (nSPS) is 14.7. The highest BCUT2D eigenvalue weighted by molar-refractivity contribution is 9.09. The summed E-state index contributed by atoms with van der Waals surface area (Å²) in [5, 5.41) is 3.65. The summed E-state index contributed by atoms with van der Waals surface area (Å²) in [6, 6.07) is 0. The topological polar surface area (TPSA) is 47.6 Å². The van der Waals surface area contributed by atoms with Gasteiger partial charge in [-0.15, -0.1) is 0 Å². The van der Waals surface area contributed by atoms with Crippen LogP contribution in [0.3, 0.4) is 0 Å². The van der Waals surface area contributed by atoms with Gasteiger partial charge in [0.05, 0.1) is 13.2 Å². The fourth-order valence-corrected chi connectivity index (χ4v) is 1.43. The molecular formula is C10H20BrNO3. The maximum Gasteiger partial charge on any atom is 0.246 e. The van der Waals surface area contributed by atoms with Crippen molar-refractivity contribution in [3.8, 4) is 0 Å². The summed E-state index contributed by atoms with van der Waals surface area (Å²) in [4.78, 5) is 11.4. The highest BCUT2D eigenvalue weighted by atomic mass is 79.9. The van der Waals surface area contributed by atoms with Crippen LogP contribution < -0.4 is 5.32 Å². The molecule has 0 spiro atoms. The summed E-state index contributed by atoms with van der Waals surface area (Å²) in [7, 11) is 1.60. The van der Waals surface area contributed by atoms with Crippen molar-refractivity contribution < 1.29 is 14.3 Å². The summed E-state index contributed by atoms with van der Waals surface area (Å²) in [5.41, 5.74) is -0.193. The molecule has 1 atom stereocenters. The van der Waals surface area contributed by atoms with Crippen LogP contribution in [0.25, 0.3) is 0 Å². The maximum atomic E-state index is 11.4. The molecule has 0 fully saturated rings. The molecule has 0 aromatic carbocycles. The molecule has 0 aliphatic rings. The highest BCUT2D eigenvalue weighted by Gasteiger charge is 2.22. The van der Waals surface area contributed by atoms with Gasteiger partial charge in [0, 0.05) is 18.0 Å². The fourth-order valence-electron chi connectivity index (χ4n) is 0.896. The average molecular weight is 282 g/mol. The van der Waals surface area contributed by atoms with Gasteiger partial charge in [0.25, 0.3) is 0 Å². The highest BCUT2D eigenvalue weighted by Crippen LogP contribution is 2.11. The van der Waals surface area contributed by atoms with Gasteiger partial charge in [0.1, 0.15) is 6.61 Å². The number of hydrogen-bond acceptors (Lipinski definition) is 3. The lowest BCUT2D eigenvalue weighted by Crippen LogP contribution is -2.48. The molecule has 0 aromatic heterocycles. The predicted octanol–water partition coefficient (Wildman–Crippen LogP) is 1.33. The van der Waals surface area contributed by atoms with Gasteiger partial charge in [-0.25, -0.2) is 0 Å². The van der Waals surface area contributed by atoms with Crippen LogP contribution in [-0.2, 0) is 14.3 Å². The Morgan fingerprint density at radius 3 is 2.60 bits per heavy atom. The number of nitrogens with one attached hydrogen (secondary N) is 1. The number of carbonyl (C=O) groups is 1. The van der Waals surface area contributed by atoms with E-state index in [1.807, 2.05) is 13.8 Å². The lowest BCUT2D eigenvalue weighted by molar-refractivity contribution is -0.127. The first-order chi connectivity index (χ1) is 7.08. The Morgan fingerprint density at radius 2 is 2.13 bits per heavy atom. The van der Waals surface area contributed by atoms with Crippen LogP contribution >= 0.6 is 15.9 Å². The van der Waals surface area contributed by atoms with Gasteiger partial charge in [0.15, 0.2) is 0 Å². The Kier molecular flexibility index (Phi) is 8.00. The van der Waals surface area contributed by atoms with Crippen LogP contribution in [0.2, 0.25) is 0 Å². The third-order valence-corrected chi connectivity index (χ3v) is 3.42. The minimum absolute atomic E-state index is 0.0881. The first-order valence-electron chi connectivity index (χ1n) is 5.01. The Morgan fingerprint density at radius 1 is 1.47 bits per heavy atom. The Balaban J connectivity index is 3.72. The van der Waals surface area contributed by atoms with E-state index in [4.69, 9.17) is 9.47 Å². The molecule has 0 aliphatic carbocycles. The van der Waals surface area contributed by atoms with Crippen molar-refractivity contribution in [2.24, 2.45) is 0 Å². The van der Waals surface area contributed by atoms with Gasteiger partial charge in [-0.3, -0.25) is 4.79 Å². The first-order valence-corrected chi connectivity index (χ1v) is 6.13. The zero-order valence-corrected chi connectivity index (χ0v) is 11.2. The van der Waals surface area contributed by atoms with Crippen LogP contribution in [0.15, 0.2) is 0 Å². The summed E-state index contributed by atoms with van der Waals surface area (Å²) in [5.74, 6) is -0.0881. The molecule has 1 amide bonds. The number of halogens is 1. The van der Waals surface area contributed by atoms with E-state index in [1.165, 1.54) is 0 Å². The summed E-state index contributed by atoms with van der Waals surface area (Å²) in [6.07, 6.45) is 0.877. The van der Waals surface area contributed by atoms with E-state index in [0.29, 0.717) is 13.2 Å². The van der Waals surface area contributed by atoms with Gasteiger partial charge in [0.2, 0.25) is 5.91 Å². The first kappa shape index (κ1) is 14.9. The number of amides is 1. The van der Waals surface area contributed by atoms with Crippen LogP contribution in [0.4, 0.5) is 0 Å². The number of carbonyl (C=O) groups excluding carboxylic acids is 1. The number of hydrogen-bond donors (Lipinski definition) is 1. The van der Waals surface area contributed by atoms with E-state index in [2.05, 4.69) is 21.2 Å². The van der Waals surface area contributed by atoms with Gasteiger partial charge < -0.3 is 14.8 Å². The van der Waals surface area contributed by atoms with E-state index in [-0.39, 0.29) is 18.1 Å². The largest absolute Gasteiger partial charge is 0.382 e. The Hall–Kier alpha value is -0.130. The van der Waals surface area contributed by atoms with Crippen molar-refractivity contribution in [1.29, 1.82) is 0 Å². The standard InChI is InChI=1S/C10H20BrNO3/c1-4-10(2,8-11)12-9(13)7-15-6-5-14-3/h4-8H2,1-3H3,(H,12,13). The third-order valence-electron chi connectivity index (χ3n) is 2.18. The maximum absolute atomic E-state index is 11.4. The van der Waals surface area contributed by atoms with Crippen molar-refractivity contribution in [2.45, 2.75) is 25.8 Å². The van der Waals surface area contributed by atoms with E-state index in [9.17, 15) is 4.79 Å². The molecule has 5 heteroatoms. The van der Waals surface area contributed by atoms with Crippen molar-refractivity contribution >= 4 is 21.8 Å². The van der Waals surface area contributed by atoms with E-state index in [0.717, 1.165) is 11.8 Å². The number of methoxy groups -OCH3 is 1. The number of alkyl halides is 1. The van der Waals surface area contributed by atoms with Crippen LogP contribution in [-0.4, -0.2) is 43.7 Å². The van der Waals surface area contributed by atoms with Crippen molar-refractivity contribution in [2.75, 3.05) is 32.3 Å². The average Bonchev–Trinajstić information content (AvgIpc) is 2.24. The fraction of sp³-hybridized carbons (Fsp3) is 0.900. The lowest BCUT2D eigenvalue weighted by Gasteiger charge is -2.27. The van der Waals surface area contributed by atoms with Crippen molar-refractivity contribution in [3.05, 3.63) is 0 Å². The minimum Gasteiger partial charge on any atom is -0.382 e. The smallest absolute Gasteiger partial charge is 0.246 e. The molecule has 15 heavy (non-hydrogen) atoms. The zero-order chi connectivity index (χ0) is 11.7. The molecule has 1 N–H and O–H groups in total. The molecule has 90 valence electrons. The minimum atomic E-state index is -0.193. The summed E-state index contributed by atoms with van der Waals surface area (Å²) in [6.45, 7) is 5.08. The van der Waals surface area contributed by atoms with Gasteiger partial charge in [-0.2, -0.15) is 0 Å². The number of rotatable bonds is 8. The molecule has 4 nitrogen and oxygen atoms in total. The van der Waals surface area contributed by atoms with Crippen molar-refractivity contribution in [3.63, 3.8) is 0 Å². The molecule has 0 aromatic rings. The Labute approximate surface area is 99.8 Å². The lowest BCUT2D eigenvalue weighted by atomic mass is 10.0. The molecule has 0 saturated heterocycles. The molecule has 1 unspecified atom stereocenters. The quantitative estimate of drug-likeness (QED) is 0.539. The molecule has 0 saturated carbocycles. The van der Waals surface area contributed by atoms with Crippen LogP contribution in [0, 0.1) is 0 Å². The van der Waals surface area contributed by atoms with E-state index < -0.39 is 0 Å². The van der Waals surface area contributed by atoms with Crippen molar-refractivity contribution in [1.82, 2.24) is 5.32 Å². The SMILES string of the molecule is CCC(C)(CBr)NC(=O)COCCOC. The summed E-state index contributed by atoms with van der Waals surface area (Å²) >= 11 is 3.38. The van der Waals surface area contributed by atoms with Crippen LogP contribution in [0.5, 0.6) is 0 Å². The van der Waals surface area contributed by atoms with Crippen LogP contribution in [0.1, 0.15) is 20.3 Å². The molecule has 0 radical (unpaired) electrons. The van der Waals surface area contributed by atoms with Gasteiger partial charge in [-0.05, 0) is 13.3 Å². The zero-order valence-electron chi connectivity index (χ0n) is 9.64. The molecule has 0 aliphatic heterocycles. The monoisotopic (exact) mass is 281 g/mol. The molecular weight excluding hydrogens is 262 g/mol. The second-order valence-electron chi connectivity index (χ2n) is 3.64. The summed E-state index contributed by atoms with van der Waals surface area (Å²) < 4.78 is 9.92. The molecule has 0 bridgehead atoms. The molecule has 0 heterocycles. The second-order valence-corrected chi connectivity index (χ2v) is 4.20. The van der Waals surface area contributed by atoms with Gasteiger partial charge in [-0.1, -0.05) is 22.9 Å². The van der Waals surface area contributed by atoms with Gasteiger partial charge >= 0.3 is 0 Å². The predicted molar refractivity (Wildman–Crippen MR) is 63.3 cm³/mol. The van der Waals surface area contributed by atoms with E-state index in [1.54, 1.807) is 7.11 Å². The third kappa shape index (κ3) is 6.87. The molecule has 0 rings (SSSR count).